The minimum atomic E-state index is -3.65. The summed E-state index contributed by atoms with van der Waals surface area (Å²) in [6.07, 6.45) is 3.14. The van der Waals surface area contributed by atoms with Crippen molar-refractivity contribution in [2.24, 2.45) is 0 Å². The summed E-state index contributed by atoms with van der Waals surface area (Å²) >= 11 is 0. The molecule has 2 aliphatic heterocycles. The van der Waals surface area contributed by atoms with Crippen LogP contribution >= 0.6 is 0 Å². The molecule has 1 atom stereocenters. The van der Waals surface area contributed by atoms with E-state index in [2.05, 4.69) is 9.88 Å². The third-order valence-electron chi connectivity index (χ3n) is 5.62. The number of rotatable bonds is 5. The van der Waals surface area contributed by atoms with E-state index >= 15 is 0 Å². The molecule has 1 unspecified atom stereocenters. The number of hydrogen-bond acceptors (Lipinski definition) is 6. The van der Waals surface area contributed by atoms with Crippen LogP contribution in [0.1, 0.15) is 18.4 Å². The summed E-state index contributed by atoms with van der Waals surface area (Å²) in [4.78, 5) is 6.81. The van der Waals surface area contributed by atoms with E-state index in [-0.39, 0.29) is 11.1 Å². The van der Waals surface area contributed by atoms with Crippen LogP contribution in [0.25, 0.3) is 11.3 Å². The normalized spacial score (nSPS) is 21.7. The van der Waals surface area contributed by atoms with Gasteiger partial charge in [-0.2, -0.15) is 4.31 Å². The van der Waals surface area contributed by atoms with Gasteiger partial charge < -0.3 is 10.1 Å². The van der Waals surface area contributed by atoms with Gasteiger partial charge in [-0.15, -0.1) is 0 Å². The molecule has 0 amide bonds. The molecule has 0 bridgehead atoms. The lowest BCUT2D eigenvalue weighted by atomic mass is 10.1. The molecule has 0 radical (unpaired) electrons. The lowest BCUT2D eigenvalue weighted by molar-refractivity contribution is 0.00536. The highest BCUT2D eigenvalue weighted by atomic mass is 32.2. The molecule has 29 heavy (non-hydrogen) atoms. The summed E-state index contributed by atoms with van der Waals surface area (Å²) in [6, 6.07) is 12.7. The van der Waals surface area contributed by atoms with Gasteiger partial charge in [-0.1, -0.05) is 30.3 Å². The second-order valence-electron chi connectivity index (χ2n) is 7.43. The SMILES string of the molecule is N=Cc1ccc(-c2cccc(S(=O)(=O)N3CCCC(N4CCOCC4)C3)n2)cc1. The van der Waals surface area contributed by atoms with Crippen molar-refractivity contribution < 1.29 is 13.2 Å². The van der Waals surface area contributed by atoms with Crippen LogP contribution in [0.15, 0.2) is 47.5 Å². The van der Waals surface area contributed by atoms with Crippen LogP contribution in [0.4, 0.5) is 0 Å². The minimum Gasteiger partial charge on any atom is -0.379 e. The van der Waals surface area contributed by atoms with Crippen LogP contribution < -0.4 is 0 Å². The number of nitrogens with one attached hydrogen (secondary N) is 1. The van der Waals surface area contributed by atoms with E-state index in [4.69, 9.17) is 10.1 Å². The number of piperidine rings is 1. The molecular formula is C21H26N4O3S. The van der Waals surface area contributed by atoms with Crippen molar-refractivity contribution in [3.63, 3.8) is 0 Å². The van der Waals surface area contributed by atoms with Gasteiger partial charge in [-0.3, -0.25) is 4.90 Å². The number of pyridine rings is 1. The summed E-state index contributed by atoms with van der Waals surface area (Å²) in [5, 5.41) is 7.39. The van der Waals surface area contributed by atoms with E-state index in [1.807, 2.05) is 30.3 Å². The number of ether oxygens (including phenoxy) is 1. The van der Waals surface area contributed by atoms with Gasteiger partial charge in [0.1, 0.15) is 0 Å². The largest absolute Gasteiger partial charge is 0.379 e. The molecule has 4 rings (SSSR count). The number of benzene rings is 1. The van der Waals surface area contributed by atoms with Crippen molar-refractivity contribution in [2.45, 2.75) is 23.9 Å². The Labute approximate surface area is 171 Å². The van der Waals surface area contributed by atoms with Crippen LogP contribution in [0.5, 0.6) is 0 Å². The smallest absolute Gasteiger partial charge is 0.260 e. The van der Waals surface area contributed by atoms with Crippen molar-refractivity contribution in [1.82, 2.24) is 14.2 Å². The summed E-state index contributed by atoms with van der Waals surface area (Å²) in [5.74, 6) is 0. The fourth-order valence-electron chi connectivity index (χ4n) is 3.98. The summed E-state index contributed by atoms with van der Waals surface area (Å²) < 4.78 is 33.6. The molecule has 1 aromatic carbocycles. The van der Waals surface area contributed by atoms with Gasteiger partial charge >= 0.3 is 0 Å². The predicted octanol–water partition coefficient (Wildman–Crippen LogP) is 2.23. The molecule has 1 aromatic heterocycles. The number of hydrogen-bond donors (Lipinski definition) is 1. The number of sulfonamides is 1. The lowest BCUT2D eigenvalue weighted by Crippen LogP contribution is -2.52. The zero-order valence-electron chi connectivity index (χ0n) is 16.3. The zero-order chi connectivity index (χ0) is 20.3. The predicted molar refractivity (Wildman–Crippen MR) is 112 cm³/mol. The maximum atomic E-state index is 13.3. The van der Waals surface area contributed by atoms with Crippen molar-refractivity contribution in [1.29, 1.82) is 5.41 Å². The van der Waals surface area contributed by atoms with E-state index in [9.17, 15) is 8.42 Å². The van der Waals surface area contributed by atoms with Gasteiger partial charge in [-0.25, -0.2) is 13.4 Å². The van der Waals surface area contributed by atoms with Gasteiger partial charge in [0.15, 0.2) is 5.03 Å². The van der Waals surface area contributed by atoms with Crippen molar-refractivity contribution in [3.05, 3.63) is 48.0 Å². The Morgan fingerprint density at radius 3 is 2.55 bits per heavy atom. The quantitative estimate of drug-likeness (QED) is 0.758. The van der Waals surface area contributed by atoms with E-state index in [0.717, 1.165) is 37.1 Å². The zero-order valence-corrected chi connectivity index (χ0v) is 17.1. The third kappa shape index (κ3) is 4.40. The standard InChI is InChI=1S/C21H26N4O3S/c22-15-17-6-8-18(9-7-17)20-4-1-5-21(23-20)29(26,27)25-10-2-3-19(16-25)24-11-13-28-14-12-24/h1,4-9,15,19,22H,2-3,10-14,16H2. The van der Waals surface area contributed by atoms with Crippen LogP contribution in [-0.2, 0) is 14.8 Å². The Morgan fingerprint density at radius 2 is 1.83 bits per heavy atom. The van der Waals surface area contributed by atoms with Gasteiger partial charge in [0, 0.05) is 44.0 Å². The molecule has 0 aliphatic carbocycles. The highest BCUT2D eigenvalue weighted by Gasteiger charge is 2.34. The maximum absolute atomic E-state index is 13.3. The molecule has 2 aromatic rings. The molecule has 2 fully saturated rings. The Hall–Kier alpha value is -2.13. The summed E-state index contributed by atoms with van der Waals surface area (Å²) in [7, 11) is -3.65. The second-order valence-corrected chi connectivity index (χ2v) is 9.32. The molecule has 154 valence electrons. The van der Waals surface area contributed by atoms with Gasteiger partial charge in [-0.05, 0) is 30.5 Å². The summed E-state index contributed by atoms with van der Waals surface area (Å²) in [5.41, 5.74) is 2.24. The van der Waals surface area contributed by atoms with Crippen LogP contribution in [-0.4, -0.2) is 74.3 Å². The van der Waals surface area contributed by atoms with Gasteiger partial charge in [0.05, 0.1) is 18.9 Å². The van der Waals surface area contributed by atoms with Crippen LogP contribution in [0.2, 0.25) is 0 Å². The Kier molecular flexibility index (Phi) is 6.05. The van der Waals surface area contributed by atoms with Crippen molar-refractivity contribution in [2.75, 3.05) is 39.4 Å². The van der Waals surface area contributed by atoms with E-state index < -0.39 is 10.0 Å². The van der Waals surface area contributed by atoms with Gasteiger partial charge in [0.2, 0.25) is 0 Å². The molecule has 7 nitrogen and oxygen atoms in total. The van der Waals surface area contributed by atoms with Crippen molar-refractivity contribution in [3.8, 4) is 11.3 Å². The highest BCUT2D eigenvalue weighted by Crippen LogP contribution is 2.25. The maximum Gasteiger partial charge on any atom is 0.260 e. The first-order valence-electron chi connectivity index (χ1n) is 9.98. The third-order valence-corrected chi connectivity index (χ3v) is 7.39. The Balaban J connectivity index is 1.55. The Morgan fingerprint density at radius 1 is 1.07 bits per heavy atom. The summed E-state index contributed by atoms with van der Waals surface area (Å²) in [6.45, 7) is 4.18. The van der Waals surface area contributed by atoms with Crippen LogP contribution in [0.3, 0.4) is 0 Å². The molecule has 2 aliphatic rings. The number of morpholine rings is 1. The van der Waals surface area contributed by atoms with E-state index in [0.29, 0.717) is 32.0 Å². The first kappa shape index (κ1) is 20.2. The van der Waals surface area contributed by atoms with E-state index in [1.165, 1.54) is 6.21 Å². The molecule has 8 heteroatoms. The molecular weight excluding hydrogens is 388 g/mol. The molecule has 0 saturated carbocycles. The topological polar surface area (TPSA) is 86.6 Å². The molecule has 3 heterocycles. The first-order chi connectivity index (χ1) is 14.1. The van der Waals surface area contributed by atoms with E-state index in [1.54, 1.807) is 16.4 Å². The molecule has 1 N–H and O–H groups in total. The second kappa shape index (κ2) is 8.71. The fraction of sp³-hybridized carbons (Fsp3) is 0.429. The monoisotopic (exact) mass is 414 g/mol. The fourth-order valence-corrected chi connectivity index (χ4v) is 5.45. The average molecular weight is 415 g/mol. The Bertz CT molecular complexity index is 956. The van der Waals surface area contributed by atoms with Crippen LogP contribution in [0, 0.1) is 5.41 Å². The molecule has 2 saturated heterocycles. The minimum absolute atomic E-state index is 0.0914. The number of aromatic nitrogens is 1. The lowest BCUT2D eigenvalue weighted by Gasteiger charge is -2.40. The first-order valence-corrected chi connectivity index (χ1v) is 11.4. The molecule has 0 spiro atoms. The van der Waals surface area contributed by atoms with Crippen molar-refractivity contribution >= 4 is 16.2 Å². The van der Waals surface area contributed by atoms with Gasteiger partial charge in [0.25, 0.3) is 10.0 Å². The highest BCUT2D eigenvalue weighted by molar-refractivity contribution is 7.89. The number of nitrogens with zero attached hydrogens (tertiary/aromatic N) is 3. The average Bonchev–Trinajstić information content (AvgIpc) is 2.80.